The van der Waals surface area contributed by atoms with Crippen molar-refractivity contribution in [1.82, 2.24) is 36.4 Å². The lowest BCUT2D eigenvalue weighted by Gasteiger charge is -2.30. The zero-order valence-corrected chi connectivity index (χ0v) is 25.7. The van der Waals surface area contributed by atoms with Gasteiger partial charge in [0.15, 0.2) is 0 Å². The van der Waals surface area contributed by atoms with Gasteiger partial charge in [0.2, 0.25) is 35.4 Å². The lowest BCUT2D eigenvalue weighted by molar-refractivity contribution is -0.132. The van der Waals surface area contributed by atoms with Crippen molar-refractivity contribution in [1.29, 1.82) is 0 Å². The third kappa shape index (κ3) is 8.53. The van der Waals surface area contributed by atoms with E-state index in [0.29, 0.717) is 38.1 Å². The fourth-order valence-corrected chi connectivity index (χ4v) is 5.97. The first-order valence-electron chi connectivity index (χ1n) is 15.6. The molecule has 12 heteroatoms. The van der Waals surface area contributed by atoms with Crippen molar-refractivity contribution in [2.75, 3.05) is 19.6 Å². The average Bonchev–Trinajstić information content (AvgIpc) is 3.72. The molecule has 238 valence electrons. The van der Waals surface area contributed by atoms with Crippen LogP contribution in [0.4, 0.5) is 0 Å². The van der Waals surface area contributed by atoms with E-state index in [4.69, 9.17) is 4.42 Å². The second-order valence-corrected chi connectivity index (χ2v) is 12.1. The van der Waals surface area contributed by atoms with Crippen LogP contribution in [0.3, 0.4) is 0 Å². The van der Waals surface area contributed by atoms with E-state index < -0.39 is 41.9 Å². The molecular weight excluding hydrogens is 574 g/mol. The van der Waals surface area contributed by atoms with Crippen molar-refractivity contribution in [2.24, 2.45) is 5.92 Å². The number of hydrogen-bond donors (Lipinski definition) is 4. The molecule has 0 saturated carbocycles. The molecule has 2 aliphatic rings. The van der Waals surface area contributed by atoms with Gasteiger partial charge in [-0.1, -0.05) is 74.5 Å². The maximum absolute atomic E-state index is 13.5. The third-order valence-corrected chi connectivity index (χ3v) is 8.13. The summed E-state index contributed by atoms with van der Waals surface area (Å²) in [4.78, 5) is 54.7. The molecule has 12 nitrogen and oxygen atoms in total. The zero-order chi connectivity index (χ0) is 31.8. The highest BCUT2D eigenvalue weighted by Crippen LogP contribution is 2.33. The van der Waals surface area contributed by atoms with Crippen molar-refractivity contribution in [3.63, 3.8) is 0 Å². The molecule has 0 radical (unpaired) electrons. The van der Waals surface area contributed by atoms with E-state index in [1.54, 1.807) is 0 Å². The zero-order valence-electron chi connectivity index (χ0n) is 25.7. The molecule has 2 bridgehead atoms. The van der Waals surface area contributed by atoms with Crippen molar-refractivity contribution in [2.45, 2.75) is 70.1 Å². The van der Waals surface area contributed by atoms with Gasteiger partial charge < -0.3 is 25.7 Å². The molecule has 4 N–H and O–H groups in total. The average molecular weight is 616 g/mol. The largest absolute Gasteiger partial charge is 0.421 e. The molecule has 1 aromatic heterocycles. The highest BCUT2D eigenvalue weighted by Gasteiger charge is 2.39. The summed E-state index contributed by atoms with van der Waals surface area (Å²) in [6, 6.07) is 17.0. The lowest BCUT2D eigenvalue weighted by Crippen LogP contribution is -2.53. The molecule has 1 fully saturated rings. The molecule has 1 saturated heterocycles. The summed E-state index contributed by atoms with van der Waals surface area (Å²) < 4.78 is 6.33. The van der Waals surface area contributed by atoms with E-state index in [1.807, 2.05) is 74.5 Å². The van der Waals surface area contributed by atoms with Gasteiger partial charge in [0, 0.05) is 6.42 Å². The summed E-state index contributed by atoms with van der Waals surface area (Å²) in [6.07, 6.45) is 2.65. The van der Waals surface area contributed by atoms with Crippen LogP contribution in [0.15, 0.2) is 65.1 Å². The number of fused-ring (bicyclic) bond motifs is 3. The Hall–Kier alpha value is -4.58. The monoisotopic (exact) mass is 615 g/mol. The smallest absolute Gasteiger partial charge is 0.243 e. The number of nitrogens with zero attached hydrogens (tertiary/aromatic N) is 3. The van der Waals surface area contributed by atoms with Gasteiger partial charge in [-0.05, 0) is 49.3 Å². The normalized spacial score (nSPS) is 23.7. The Balaban J connectivity index is 1.49. The minimum Gasteiger partial charge on any atom is -0.421 e. The molecule has 1 unspecified atom stereocenters. The van der Waals surface area contributed by atoms with Gasteiger partial charge in [0.25, 0.3) is 0 Å². The van der Waals surface area contributed by atoms with Crippen LogP contribution in [0, 0.1) is 5.92 Å². The van der Waals surface area contributed by atoms with E-state index in [0.717, 1.165) is 17.5 Å². The summed E-state index contributed by atoms with van der Waals surface area (Å²) in [7, 11) is 0. The molecule has 0 spiro atoms. The van der Waals surface area contributed by atoms with Gasteiger partial charge in [-0.25, -0.2) is 0 Å². The third-order valence-electron chi connectivity index (χ3n) is 8.13. The Bertz CT molecular complexity index is 1460. The predicted octanol–water partition coefficient (Wildman–Crippen LogP) is 1.99. The van der Waals surface area contributed by atoms with Crippen molar-refractivity contribution < 1.29 is 23.6 Å². The van der Waals surface area contributed by atoms with Gasteiger partial charge >= 0.3 is 0 Å². The van der Waals surface area contributed by atoms with Crippen LogP contribution >= 0.6 is 0 Å². The minimum absolute atomic E-state index is 0.0953. The van der Waals surface area contributed by atoms with Crippen molar-refractivity contribution in [3.05, 3.63) is 83.6 Å². The predicted molar refractivity (Wildman–Crippen MR) is 165 cm³/mol. The van der Waals surface area contributed by atoms with Crippen molar-refractivity contribution in [3.8, 4) is 0 Å². The standard InChI is InChI=1S/C33H41N7O5/c1-21(2)16-24-30(43)34-19-29(42)37-25(17-22-10-5-3-6-11-22)32-38-39-33(45-32)27(18-23-12-7-4-8-13-23)40-15-9-14-26(40)31(44)35-20-28(41)36-24/h3-8,10-13,21,24-27H,9,14-20H2,1-2H3,(H,34,43)(H,35,44)(H,36,41)(H,37,42)/t24-,25-,26-,27?/m0/s1. The molecule has 0 aliphatic carbocycles. The fraction of sp³-hybridized carbons (Fsp3) is 0.455. The SMILES string of the molecule is CC(C)C[C@@H]1NC(=O)CNC(=O)[C@@H]2CCCN2C(Cc2ccccc2)c2nnc(o2)[C@H](Cc2ccccc2)NC(=O)CNC1=O. The van der Waals surface area contributed by atoms with Gasteiger partial charge in [-0.3, -0.25) is 24.1 Å². The van der Waals surface area contributed by atoms with Gasteiger partial charge in [0.05, 0.1) is 25.2 Å². The van der Waals surface area contributed by atoms with E-state index in [1.165, 1.54) is 0 Å². The second-order valence-electron chi connectivity index (χ2n) is 12.1. The number of rotatable bonds is 6. The first-order chi connectivity index (χ1) is 21.8. The highest BCUT2D eigenvalue weighted by molar-refractivity contribution is 5.92. The summed E-state index contributed by atoms with van der Waals surface area (Å²) in [5.74, 6) is -1.01. The fourth-order valence-electron chi connectivity index (χ4n) is 5.97. The molecule has 4 amide bonds. The first kappa shape index (κ1) is 31.8. The van der Waals surface area contributed by atoms with E-state index in [9.17, 15) is 19.2 Å². The van der Waals surface area contributed by atoms with Crippen molar-refractivity contribution >= 4 is 23.6 Å². The topological polar surface area (TPSA) is 159 Å². The van der Waals surface area contributed by atoms with Crippen LogP contribution in [0.2, 0.25) is 0 Å². The van der Waals surface area contributed by atoms with Gasteiger partial charge in [-0.15, -0.1) is 10.2 Å². The summed E-state index contributed by atoms with van der Waals surface area (Å²) in [5, 5.41) is 19.9. The summed E-state index contributed by atoms with van der Waals surface area (Å²) >= 11 is 0. The van der Waals surface area contributed by atoms with E-state index in [2.05, 4.69) is 36.4 Å². The first-order valence-corrected chi connectivity index (χ1v) is 15.6. The van der Waals surface area contributed by atoms with Gasteiger partial charge in [-0.2, -0.15) is 0 Å². The Labute approximate surface area is 262 Å². The molecule has 5 rings (SSSR count). The number of carbonyl (C=O) groups excluding carboxylic acids is 4. The number of carbonyl (C=O) groups is 4. The van der Waals surface area contributed by atoms with E-state index in [-0.39, 0.29) is 30.8 Å². The highest BCUT2D eigenvalue weighted by atomic mass is 16.4. The molecule has 3 heterocycles. The van der Waals surface area contributed by atoms with Crippen LogP contribution in [0.25, 0.3) is 0 Å². The molecular formula is C33H41N7O5. The maximum atomic E-state index is 13.5. The molecule has 2 aromatic carbocycles. The number of amides is 4. The summed E-state index contributed by atoms with van der Waals surface area (Å²) in [6.45, 7) is 3.92. The maximum Gasteiger partial charge on any atom is 0.243 e. The number of aromatic nitrogens is 2. The Morgan fingerprint density at radius 1 is 0.778 bits per heavy atom. The minimum atomic E-state index is -0.863. The Morgan fingerprint density at radius 2 is 1.36 bits per heavy atom. The number of benzene rings is 2. The number of nitrogens with one attached hydrogen (secondary N) is 4. The van der Waals surface area contributed by atoms with Crippen LogP contribution in [-0.2, 0) is 32.0 Å². The molecule has 4 atom stereocenters. The summed E-state index contributed by atoms with van der Waals surface area (Å²) in [5.41, 5.74) is 1.99. The van der Waals surface area contributed by atoms with Gasteiger partial charge in [0.1, 0.15) is 12.1 Å². The van der Waals surface area contributed by atoms with Crippen LogP contribution in [-0.4, -0.2) is 70.4 Å². The Morgan fingerprint density at radius 3 is 2.00 bits per heavy atom. The lowest BCUT2D eigenvalue weighted by atomic mass is 10.0. The van der Waals surface area contributed by atoms with Crippen LogP contribution < -0.4 is 21.3 Å². The Kier molecular flexibility index (Phi) is 10.6. The van der Waals surface area contributed by atoms with Crippen LogP contribution in [0.5, 0.6) is 0 Å². The second kappa shape index (κ2) is 14.9. The molecule has 3 aromatic rings. The quantitative estimate of drug-likeness (QED) is 0.328. The molecule has 45 heavy (non-hydrogen) atoms. The number of hydrogen-bond acceptors (Lipinski definition) is 8. The van der Waals surface area contributed by atoms with E-state index >= 15 is 0 Å². The molecule has 2 aliphatic heterocycles. The van der Waals surface area contributed by atoms with Crippen LogP contribution in [0.1, 0.15) is 68.1 Å².